The molecule has 2 N–H and O–H groups in total. The largest absolute Gasteiger partial charge is 0.481 e. The predicted octanol–water partition coefficient (Wildman–Crippen LogP) is 2.07. The van der Waals surface area contributed by atoms with Gasteiger partial charge in [-0.15, -0.1) is 0 Å². The molecule has 0 unspecified atom stereocenters. The average molecular weight is 315 g/mol. The minimum atomic E-state index is -0.845. The number of benzene rings is 1. The van der Waals surface area contributed by atoms with Crippen LogP contribution in [0.5, 0.6) is 0 Å². The fourth-order valence-electron chi connectivity index (χ4n) is 3.06. The Morgan fingerprint density at radius 2 is 1.83 bits per heavy atom. The summed E-state index contributed by atoms with van der Waals surface area (Å²) in [4.78, 5) is 30.0. The van der Waals surface area contributed by atoms with Crippen LogP contribution >= 0.6 is 0 Å². The summed E-state index contributed by atoms with van der Waals surface area (Å²) < 4.78 is 0. The van der Waals surface area contributed by atoms with E-state index in [1.165, 1.54) is 11.1 Å². The van der Waals surface area contributed by atoms with Gasteiger partial charge in [0.05, 0.1) is 5.69 Å². The zero-order chi connectivity index (χ0) is 16.2. The number of aromatic amines is 1. The van der Waals surface area contributed by atoms with Gasteiger partial charge in [-0.05, 0) is 12.5 Å². The van der Waals surface area contributed by atoms with Crippen LogP contribution in [0.1, 0.15) is 19.3 Å². The highest BCUT2D eigenvalue weighted by molar-refractivity contribution is 5.93. The van der Waals surface area contributed by atoms with Crippen molar-refractivity contribution < 1.29 is 14.7 Å². The topological polar surface area (TPSA) is 76.6 Å². The third-order valence-electron chi connectivity index (χ3n) is 4.32. The molecule has 0 bridgehead atoms. The van der Waals surface area contributed by atoms with Crippen molar-refractivity contribution in [1.29, 1.82) is 0 Å². The SMILES string of the molecule is O=C(O)CCCC(=O)N1CCN(c2c[nH]c3ccccc23)CC1. The molecule has 0 radical (unpaired) electrons. The Bertz CT molecular complexity index is 702. The number of carboxylic acid groups (broad SMARTS) is 1. The number of carboxylic acids is 1. The molecule has 2 aromatic rings. The number of piperazine rings is 1. The maximum absolute atomic E-state index is 12.1. The molecule has 3 rings (SSSR count). The second-order valence-corrected chi connectivity index (χ2v) is 5.83. The molecule has 0 spiro atoms. The Labute approximate surface area is 134 Å². The molecule has 1 fully saturated rings. The summed E-state index contributed by atoms with van der Waals surface area (Å²) >= 11 is 0. The first-order chi connectivity index (χ1) is 11.1. The lowest BCUT2D eigenvalue weighted by molar-refractivity contribution is -0.137. The molecule has 1 aromatic heterocycles. The summed E-state index contributed by atoms with van der Waals surface area (Å²) in [6.45, 7) is 2.97. The molecule has 1 aromatic carbocycles. The van der Waals surface area contributed by atoms with Crippen molar-refractivity contribution in [1.82, 2.24) is 9.88 Å². The van der Waals surface area contributed by atoms with Crippen LogP contribution in [-0.4, -0.2) is 53.0 Å². The van der Waals surface area contributed by atoms with Crippen LogP contribution in [0.4, 0.5) is 5.69 Å². The van der Waals surface area contributed by atoms with E-state index in [0.29, 0.717) is 25.9 Å². The second kappa shape index (κ2) is 6.73. The molecule has 6 nitrogen and oxygen atoms in total. The number of carbonyl (C=O) groups excluding carboxylic acids is 1. The fourth-order valence-corrected chi connectivity index (χ4v) is 3.06. The van der Waals surface area contributed by atoms with E-state index in [0.717, 1.165) is 18.6 Å². The van der Waals surface area contributed by atoms with Crippen LogP contribution in [0.15, 0.2) is 30.5 Å². The van der Waals surface area contributed by atoms with Gasteiger partial charge in [0, 0.05) is 56.1 Å². The first-order valence-corrected chi connectivity index (χ1v) is 7.96. The van der Waals surface area contributed by atoms with Gasteiger partial charge in [0.15, 0.2) is 0 Å². The Morgan fingerprint density at radius 3 is 2.57 bits per heavy atom. The maximum atomic E-state index is 12.1. The van der Waals surface area contributed by atoms with E-state index >= 15 is 0 Å². The molecule has 1 saturated heterocycles. The predicted molar refractivity (Wildman–Crippen MR) is 88.6 cm³/mol. The normalized spacial score (nSPS) is 15.1. The Balaban J connectivity index is 1.56. The van der Waals surface area contributed by atoms with Crippen molar-refractivity contribution in [2.45, 2.75) is 19.3 Å². The van der Waals surface area contributed by atoms with Crippen molar-refractivity contribution in [3.8, 4) is 0 Å². The molecule has 0 atom stereocenters. The van der Waals surface area contributed by atoms with Gasteiger partial charge in [0.25, 0.3) is 0 Å². The summed E-state index contributed by atoms with van der Waals surface area (Å²) in [6, 6.07) is 8.20. The molecule has 1 aliphatic rings. The number of amides is 1. The number of para-hydroxylation sites is 1. The Morgan fingerprint density at radius 1 is 1.09 bits per heavy atom. The molecule has 23 heavy (non-hydrogen) atoms. The van der Waals surface area contributed by atoms with Gasteiger partial charge < -0.3 is 19.9 Å². The van der Waals surface area contributed by atoms with Crippen molar-refractivity contribution in [2.75, 3.05) is 31.1 Å². The van der Waals surface area contributed by atoms with Gasteiger partial charge in [0.1, 0.15) is 0 Å². The van der Waals surface area contributed by atoms with E-state index in [4.69, 9.17) is 5.11 Å². The highest BCUT2D eigenvalue weighted by Crippen LogP contribution is 2.27. The summed E-state index contributed by atoms with van der Waals surface area (Å²) in [5, 5.41) is 9.83. The summed E-state index contributed by atoms with van der Waals surface area (Å²) in [5.41, 5.74) is 2.30. The number of hydrogen-bond acceptors (Lipinski definition) is 3. The molecule has 0 saturated carbocycles. The number of nitrogens with one attached hydrogen (secondary N) is 1. The Hall–Kier alpha value is -2.50. The molecule has 1 aliphatic heterocycles. The van der Waals surface area contributed by atoms with E-state index in [-0.39, 0.29) is 12.3 Å². The number of H-pyrrole nitrogens is 1. The zero-order valence-corrected chi connectivity index (χ0v) is 13.0. The standard InChI is InChI=1S/C17H21N3O3/c21-16(6-3-7-17(22)23)20-10-8-19(9-11-20)15-12-18-14-5-2-1-4-13(14)15/h1-2,4-5,12,18H,3,6-11H2,(H,22,23). The second-order valence-electron chi connectivity index (χ2n) is 5.83. The summed E-state index contributed by atoms with van der Waals surface area (Å²) in [7, 11) is 0. The third kappa shape index (κ3) is 3.47. The van der Waals surface area contributed by atoms with Gasteiger partial charge in [-0.3, -0.25) is 9.59 Å². The zero-order valence-electron chi connectivity index (χ0n) is 13.0. The number of aromatic nitrogens is 1. The molecule has 6 heteroatoms. The highest BCUT2D eigenvalue weighted by atomic mass is 16.4. The number of carbonyl (C=O) groups is 2. The first kappa shape index (κ1) is 15.4. The first-order valence-electron chi connectivity index (χ1n) is 7.96. The van der Waals surface area contributed by atoms with Crippen LogP contribution in [0.2, 0.25) is 0 Å². The number of rotatable bonds is 5. The lowest BCUT2D eigenvalue weighted by Crippen LogP contribution is -2.48. The number of fused-ring (bicyclic) bond motifs is 1. The number of aliphatic carboxylic acids is 1. The van der Waals surface area contributed by atoms with Crippen molar-refractivity contribution >= 4 is 28.5 Å². The van der Waals surface area contributed by atoms with Crippen molar-refractivity contribution in [3.63, 3.8) is 0 Å². The van der Waals surface area contributed by atoms with E-state index in [1.807, 2.05) is 23.2 Å². The van der Waals surface area contributed by atoms with E-state index in [2.05, 4.69) is 22.0 Å². The molecule has 122 valence electrons. The minimum absolute atomic E-state index is 0.0566. The van der Waals surface area contributed by atoms with E-state index < -0.39 is 5.97 Å². The van der Waals surface area contributed by atoms with Gasteiger partial charge in [-0.2, -0.15) is 0 Å². The maximum Gasteiger partial charge on any atom is 0.303 e. The lowest BCUT2D eigenvalue weighted by Gasteiger charge is -2.35. The third-order valence-corrected chi connectivity index (χ3v) is 4.32. The quantitative estimate of drug-likeness (QED) is 0.885. The van der Waals surface area contributed by atoms with Crippen LogP contribution in [-0.2, 0) is 9.59 Å². The summed E-state index contributed by atoms with van der Waals surface area (Å²) in [6.07, 6.45) is 2.81. The summed E-state index contributed by atoms with van der Waals surface area (Å²) in [5.74, 6) is -0.785. The lowest BCUT2D eigenvalue weighted by atomic mass is 10.2. The van der Waals surface area contributed by atoms with Crippen molar-refractivity contribution in [2.24, 2.45) is 0 Å². The molecular weight excluding hydrogens is 294 g/mol. The van der Waals surface area contributed by atoms with E-state index in [1.54, 1.807) is 0 Å². The minimum Gasteiger partial charge on any atom is -0.481 e. The van der Waals surface area contributed by atoms with Crippen LogP contribution in [0.25, 0.3) is 10.9 Å². The molecule has 2 heterocycles. The van der Waals surface area contributed by atoms with Crippen molar-refractivity contribution in [3.05, 3.63) is 30.5 Å². The molecule has 1 amide bonds. The van der Waals surface area contributed by atoms with Crippen LogP contribution < -0.4 is 4.90 Å². The number of anilines is 1. The Kier molecular flexibility index (Phi) is 4.50. The van der Waals surface area contributed by atoms with Gasteiger partial charge in [0.2, 0.25) is 5.91 Å². The average Bonchev–Trinajstić information content (AvgIpc) is 2.98. The number of nitrogens with zero attached hydrogens (tertiary/aromatic N) is 2. The van der Waals surface area contributed by atoms with Crippen LogP contribution in [0, 0.1) is 0 Å². The molecular formula is C17H21N3O3. The monoisotopic (exact) mass is 315 g/mol. The molecule has 0 aliphatic carbocycles. The van der Waals surface area contributed by atoms with Gasteiger partial charge in [-0.25, -0.2) is 0 Å². The van der Waals surface area contributed by atoms with Gasteiger partial charge >= 0.3 is 5.97 Å². The van der Waals surface area contributed by atoms with Gasteiger partial charge in [-0.1, -0.05) is 18.2 Å². The fraction of sp³-hybridized carbons (Fsp3) is 0.412. The number of hydrogen-bond donors (Lipinski definition) is 2. The van der Waals surface area contributed by atoms with E-state index in [9.17, 15) is 9.59 Å². The smallest absolute Gasteiger partial charge is 0.303 e. The van der Waals surface area contributed by atoms with Crippen LogP contribution in [0.3, 0.4) is 0 Å². The highest BCUT2D eigenvalue weighted by Gasteiger charge is 2.22.